The summed E-state index contributed by atoms with van der Waals surface area (Å²) in [6, 6.07) is 9.35. The third-order valence-corrected chi connectivity index (χ3v) is 5.79. The van der Waals surface area contributed by atoms with Crippen LogP contribution in [0.1, 0.15) is 35.0 Å². The van der Waals surface area contributed by atoms with Crippen molar-refractivity contribution in [3.63, 3.8) is 0 Å². The number of benzene rings is 2. The lowest BCUT2D eigenvalue weighted by molar-refractivity contribution is -0.137. The highest BCUT2D eigenvalue weighted by Crippen LogP contribution is 2.30. The number of halogens is 2. The van der Waals surface area contributed by atoms with E-state index in [4.69, 9.17) is 0 Å². The summed E-state index contributed by atoms with van der Waals surface area (Å²) in [5.41, 5.74) is -1.30. The van der Waals surface area contributed by atoms with Crippen molar-refractivity contribution in [2.24, 2.45) is 0 Å². The molecule has 0 aliphatic carbocycles. The van der Waals surface area contributed by atoms with Crippen LogP contribution in [0.3, 0.4) is 0 Å². The van der Waals surface area contributed by atoms with Gasteiger partial charge in [0.2, 0.25) is 5.60 Å². The zero-order valence-corrected chi connectivity index (χ0v) is 19.0. The maximum Gasteiger partial charge on any atom is 0.354 e. The standard InChI is InChI=1S/C26H21F2N3O4/c1-3-18-21(19-14-17(27)7-8-20(19)28)29-23(30-22(18)24(32)33)16-6-4-5-15(13-16)9-10-26(35)11-12-31(2)25(26)34/h4-8,13-14,35H,3,11-12H2,1-2H3,(H,32,33)/t26-/m0/s1. The minimum absolute atomic E-state index is 0.0164. The second-order valence-electron chi connectivity index (χ2n) is 8.17. The Bertz CT molecular complexity index is 1410. The van der Waals surface area contributed by atoms with E-state index in [1.165, 1.54) is 4.90 Å². The van der Waals surface area contributed by atoms with Gasteiger partial charge in [-0.25, -0.2) is 23.5 Å². The van der Waals surface area contributed by atoms with Crippen LogP contribution in [0, 0.1) is 23.5 Å². The van der Waals surface area contributed by atoms with E-state index < -0.39 is 29.1 Å². The predicted octanol–water partition coefficient (Wildman–Crippen LogP) is 3.29. The van der Waals surface area contributed by atoms with E-state index in [-0.39, 0.29) is 41.2 Å². The number of likely N-dealkylation sites (tertiary alicyclic amines) is 1. The summed E-state index contributed by atoms with van der Waals surface area (Å²) in [4.78, 5) is 34.1. The van der Waals surface area contributed by atoms with Crippen LogP contribution in [0.25, 0.3) is 22.6 Å². The van der Waals surface area contributed by atoms with Crippen molar-refractivity contribution in [1.82, 2.24) is 14.9 Å². The van der Waals surface area contributed by atoms with E-state index in [2.05, 4.69) is 21.8 Å². The number of hydrogen-bond acceptors (Lipinski definition) is 5. The fraction of sp³-hybridized carbons (Fsp3) is 0.231. The monoisotopic (exact) mass is 477 g/mol. The Kier molecular flexibility index (Phi) is 6.33. The summed E-state index contributed by atoms with van der Waals surface area (Å²) in [6.07, 6.45) is 0.362. The molecule has 4 rings (SSSR count). The van der Waals surface area contributed by atoms with E-state index in [1.54, 1.807) is 38.2 Å². The molecule has 1 aliphatic rings. The molecule has 3 aromatic rings. The van der Waals surface area contributed by atoms with Gasteiger partial charge in [0.15, 0.2) is 11.5 Å². The van der Waals surface area contributed by atoms with Gasteiger partial charge in [-0.15, -0.1) is 0 Å². The molecule has 7 nitrogen and oxygen atoms in total. The van der Waals surface area contributed by atoms with Crippen molar-refractivity contribution in [1.29, 1.82) is 0 Å². The van der Waals surface area contributed by atoms with Crippen LogP contribution in [0.4, 0.5) is 8.78 Å². The zero-order chi connectivity index (χ0) is 25.3. The van der Waals surface area contributed by atoms with Crippen LogP contribution in [-0.4, -0.2) is 56.2 Å². The highest BCUT2D eigenvalue weighted by Gasteiger charge is 2.42. The average Bonchev–Trinajstić information content (AvgIpc) is 3.11. The Balaban J connectivity index is 1.84. The summed E-state index contributed by atoms with van der Waals surface area (Å²) >= 11 is 0. The number of carboxylic acids is 1. The van der Waals surface area contributed by atoms with E-state index >= 15 is 0 Å². The van der Waals surface area contributed by atoms with Gasteiger partial charge in [-0.05, 0) is 36.8 Å². The molecule has 0 spiro atoms. The molecule has 2 N–H and O–H groups in total. The van der Waals surface area contributed by atoms with Gasteiger partial charge in [0.25, 0.3) is 5.91 Å². The summed E-state index contributed by atoms with van der Waals surface area (Å²) in [7, 11) is 1.58. The molecule has 0 unspecified atom stereocenters. The van der Waals surface area contributed by atoms with Crippen LogP contribution < -0.4 is 0 Å². The number of hydrogen-bond donors (Lipinski definition) is 2. The average molecular weight is 477 g/mol. The normalized spacial score (nSPS) is 17.3. The molecule has 1 aliphatic heterocycles. The van der Waals surface area contributed by atoms with Crippen molar-refractivity contribution in [2.45, 2.75) is 25.4 Å². The Hall–Kier alpha value is -4.16. The number of nitrogens with zero attached hydrogens (tertiary/aromatic N) is 3. The lowest BCUT2D eigenvalue weighted by Gasteiger charge is -2.14. The maximum absolute atomic E-state index is 14.6. The first-order valence-electron chi connectivity index (χ1n) is 10.8. The van der Waals surface area contributed by atoms with Gasteiger partial charge in [0.1, 0.15) is 11.6 Å². The number of carbonyl (C=O) groups excluding carboxylic acids is 1. The molecule has 1 aromatic heterocycles. The third kappa shape index (κ3) is 4.61. The van der Waals surface area contributed by atoms with Crippen LogP contribution in [-0.2, 0) is 11.2 Å². The molecule has 1 fully saturated rings. The first-order chi connectivity index (χ1) is 16.6. The molecule has 1 saturated heterocycles. The number of aliphatic hydroxyl groups is 1. The number of likely N-dealkylation sites (N-methyl/N-ethyl adjacent to an activating group) is 1. The SMILES string of the molecule is CCc1c(C(=O)O)nc(-c2cccc(C#C[C@]3(O)CCN(C)C3=O)c2)nc1-c1cc(F)ccc1F. The quantitative estimate of drug-likeness (QED) is 0.559. The maximum atomic E-state index is 14.6. The molecule has 2 heterocycles. The van der Waals surface area contributed by atoms with Crippen LogP contribution in [0.2, 0.25) is 0 Å². The van der Waals surface area contributed by atoms with Crippen LogP contribution in [0.15, 0.2) is 42.5 Å². The summed E-state index contributed by atoms with van der Waals surface area (Å²) in [5, 5.41) is 20.3. The molecule has 9 heteroatoms. The van der Waals surface area contributed by atoms with Crippen molar-refractivity contribution >= 4 is 11.9 Å². The first kappa shape index (κ1) is 24.0. The predicted molar refractivity (Wildman–Crippen MR) is 123 cm³/mol. The Labute approximate surface area is 200 Å². The van der Waals surface area contributed by atoms with Gasteiger partial charge in [0.05, 0.1) is 5.69 Å². The van der Waals surface area contributed by atoms with Gasteiger partial charge >= 0.3 is 5.97 Å². The molecule has 0 bridgehead atoms. The first-order valence-corrected chi connectivity index (χ1v) is 10.8. The van der Waals surface area contributed by atoms with Crippen molar-refractivity contribution in [3.05, 3.63) is 70.9 Å². The number of carbonyl (C=O) groups is 2. The number of rotatable bonds is 4. The van der Waals surface area contributed by atoms with Gasteiger partial charge in [-0.1, -0.05) is 30.9 Å². The van der Waals surface area contributed by atoms with E-state index in [0.29, 0.717) is 17.7 Å². The van der Waals surface area contributed by atoms with Crippen LogP contribution in [0.5, 0.6) is 0 Å². The fourth-order valence-corrected chi connectivity index (χ4v) is 3.91. The van der Waals surface area contributed by atoms with E-state index in [1.807, 2.05) is 0 Å². The smallest absolute Gasteiger partial charge is 0.354 e. The molecule has 2 aromatic carbocycles. The zero-order valence-electron chi connectivity index (χ0n) is 19.0. The molecular weight excluding hydrogens is 456 g/mol. The second-order valence-corrected chi connectivity index (χ2v) is 8.17. The molecular formula is C26H21F2N3O4. The van der Waals surface area contributed by atoms with E-state index in [0.717, 1.165) is 18.2 Å². The third-order valence-electron chi connectivity index (χ3n) is 5.79. The molecule has 35 heavy (non-hydrogen) atoms. The largest absolute Gasteiger partial charge is 0.476 e. The summed E-state index contributed by atoms with van der Waals surface area (Å²) in [6.45, 7) is 2.06. The molecule has 0 saturated carbocycles. The van der Waals surface area contributed by atoms with Gasteiger partial charge in [0, 0.05) is 42.3 Å². The van der Waals surface area contributed by atoms with Crippen molar-refractivity contribution < 1.29 is 28.6 Å². The molecule has 0 radical (unpaired) electrons. The highest BCUT2D eigenvalue weighted by atomic mass is 19.1. The van der Waals surface area contributed by atoms with Gasteiger partial charge in [-0.3, -0.25) is 4.79 Å². The summed E-state index contributed by atoms with van der Waals surface area (Å²) < 4.78 is 28.5. The van der Waals surface area contributed by atoms with Crippen molar-refractivity contribution in [3.8, 4) is 34.5 Å². The fourth-order valence-electron chi connectivity index (χ4n) is 3.91. The molecule has 1 atom stereocenters. The molecule has 178 valence electrons. The Morgan fingerprint density at radius 1 is 1.20 bits per heavy atom. The molecule has 1 amide bonds. The van der Waals surface area contributed by atoms with Crippen LogP contribution >= 0.6 is 0 Å². The minimum atomic E-state index is -1.78. The van der Waals surface area contributed by atoms with Gasteiger partial charge < -0.3 is 15.1 Å². The number of aromatic carboxylic acids is 1. The lowest BCUT2D eigenvalue weighted by Crippen LogP contribution is -2.37. The van der Waals surface area contributed by atoms with E-state index in [9.17, 15) is 28.6 Å². The van der Waals surface area contributed by atoms with Crippen molar-refractivity contribution in [2.75, 3.05) is 13.6 Å². The number of amides is 1. The highest BCUT2D eigenvalue weighted by molar-refractivity contribution is 5.91. The summed E-state index contributed by atoms with van der Waals surface area (Å²) in [5.74, 6) is 2.14. The second kappa shape index (κ2) is 9.24. The minimum Gasteiger partial charge on any atom is -0.476 e. The Morgan fingerprint density at radius 2 is 1.97 bits per heavy atom. The number of carboxylic acid groups (broad SMARTS) is 1. The number of aromatic nitrogens is 2. The Morgan fingerprint density at radius 3 is 2.63 bits per heavy atom. The lowest BCUT2D eigenvalue weighted by atomic mass is 10.00. The van der Waals surface area contributed by atoms with Gasteiger partial charge in [-0.2, -0.15) is 0 Å². The topological polar surface area (TPSA) is 104 Å².